The number of nitro groups is 1. The monoisotopic (exact) mass is 570 g/mol. The van der Waals surface area contributed by atoms with E-state index in [4.69, 9.17) is 11.6 Å². The quantitative estimate of drug-likeness (QED) is 0.131. The summed E-state index contributed by atoms with van der Waals surface area (Å²) in [5.74, 6) is -0.743. The Kier molecular flexibility index (Phi) is 6.90. The molecule has 2 aliphatic rings. The Morgan fingerprint density at radius 2 is 1.46 bits per heavy atom. The summed E-state index contributed by atoms with van der Waals surface area (Å²) in [4.78, 5) is 54.5. The largest absolute Gasteiger partial charge is 0.296 e. The van der Waals surface area contributed by atoms with E-state index >= 15 is 0 Å². The van der Waals surface area contributed by atoms with Crippen LogP contribution >= 0.6 is 11.6 Å². The molecule has 41 heavy (non-hydrogen) atoms. The summed E-state index contributed by atoms with van der Waals surface area (Å²) >= 11 is 6.34. The van der Waals surface area contributed by atoms with E-state index in [1.54, 1.807) is 53.1 Å². The molecule has 0 atom stereocenters. The van der Waals surface area contributed by atoms with Gasteiger partial charge in [0.2, 0.25) is 0 Å². The molecule has 0 aliphatic carbocycles. The Balaban J connectivity index is 1.49. The Morgan fingerprint density at radius 3 is 2.10 bits per heavy atom. The van der Waals surface area contributed by atoms with Crippen molar-refractivity contribution in [2.75, 3.05) is 13.1 Å². The third-order valence-electron chi connectivity index (χ3n) is 7.33. The molecule has 1 fully saturated rings. The number of nitrogens with zero attached hydrogens (tertiary/aromatic N) is 6. The average molecular weight is 571 g/mol. The number of halogens is 1. The second kappa shape index (κ2) is 10.7. The van der Waals surface area contributed by atoms with Crippen LogP contribution in [0.1, 0.15) is 61.1 Å². The smallest absolute Gasteiger partial charge is 0.270 e. The SMILES string of the molecule is O=C(c1ccccc1Cl)c1cc([N+](=O)[O-])ccc1-n1c(CN2CCCC2)nnc1CN1C(=O)c2ccccc2C1=O. The molecule has 1 saturated heterocycles. The van der Waals surface area contributed by atoms with Crippen LogP contribution in [0, 0.1) is 10.1 Å². The molecule has 0 saturated carbocycles. The summed E-state index contributed by atoms with van der Waals surface area (Å²) in [6.45, 7) is 1.89. The number of non-ortho nitro benzene ring substituents is 1. The van der Waals surface area contributed by atoms with E-state index in [2.05, 4.69) is 15.1 Å². The van der Waals surface area contributed by atoms with Crippen molar-refractivity contribution in [3.63, 3.8) is 0 Å². The number of hydrogen-bond donors (Lipinski definition) is 0. The van der Waals surface area contributed by atoms with Crippen molar-refractivity contribution in [2.45, 2.75) is 25.9 Å². The number of aromatic nitrogens is 3. The average Bonchev–Trinajstić information content (AvgIpc) is 3.69. The predicted octanol–water partition coefficient (Wildman–Crippen LogP) is 4.45. The zero-order valence-corrected chi connectivity index (χ0v) is 22.5. The molecule has 2 amide bonds. The van der Waals surface area contributed by atoms with Gasteiger partial charge in [-0.3, -0.25) is 38.9 Å². The van der Waals surface area contributed by atoms with E-state index in [9.17, 15) is 24.5 Å². The van der Waals surface area contributed by atoms with Gasteiger partial charge in [-0.05, 0) is 56.3 Å². The standard InChI is InChI=1S/C29H23ClN6O5/c30-23-10-4-3-9-21(23)27(37)22-15-18(36(40)41)11-12-24(22)35-25(16-33-13-5-6-14-33)31-32-26(35)17-34-28(38)19-7-1-2-8-20(19)29(34)39/h1-4,7-12,15H,5-6,13-14,16-17H2. The molecule has 12 heteroatoms. The molecule has 0 spiro atoms. The maximum Gasteiger partial charge on any atom is 0.270 e. The molecule has 0 radical (unpaired) electrons. The fourth-order valence-corrected chi connectivity index (χ4v) is 5.53. The summed E-state index contributed by atoms with van der Waals surface area (Å²) < 4.78 is 1.62. The lowest BCUT2D eigenvalue weighted by molar-refractivity contribution is -0.384. The van der Waals surface area contributed by atoms with Crippen LogP contribution in [0.3, 0.4) is 0 Å². The first kappa shape index (κ1) is 26.5. The number of nitro benzene ring substituents is 1. The van der Waals surface area contributed by atoms with Gasteiger partial charge >= 0.3 is 0 Å². The number of benzene rings is 3. The highest BCUT2D eigenvalue weighted by atomic mass is 35.5. The van der Waals surface area contributed by atoms with Gasteiger partial charge in [-0.25, -0.2) is 0 Å². The van der Waals surface area contributed by atoms with Gasteiger partial charge in [-0.15, -0.1) is 10.2 Å². The normalized spacial score (nSPS) is 15.0. The number of imide groups is 1. The Hall–Kier alpha value is -4.74. The summed E-state index contributed by atoms with van der Waals surface area (Å²) in [7, 11) is 0. The summed E-state index contributed by atoms with van der Waals surface area (Å²) in [6.07, 6.45) is 2.06. The fourth-order valence-electron chi connectivity index (χ4n) is 5.31. The highest BCUT2D eigenvalue weighted by Gasteiger charge is 2.37. The summed E-state index contributed by atoms with van der Waals surface area (Å²) in [6, 6.07) is 17.0. The third-order valence-corrected chi connectivity index (χ3v) is 7.66. The Labute approximate surface area is 239 Å². The van der Waals surface area contributed by atoms with Crippen LogP contribution < -0.4 is 0 Å². The number of carbonyl (C=O) groups excluding carboxylic acids is 3. The van der Waals surface area contributed by atoms with Crippen LogP contribution in [0.5, 0.6) is 0 Å². The fraction of sp³-hybridized carbons (Fsp3) is 0.207. The van der Waals surface area contributed by atoms with Crippen molar-refractivity contribution in [3.8, 4) is 5.69 Å². The molecule has 3 aromatic carbocycles. The van der Waals surface area contributed by atoms with Gasteiger partial charge < -0.3 is 0 Å². The molecular formula is C29H23ClN6O5. The van der Waals surface area contributed by atoms with E-state index in [1.165, 1.54) is 18.2 Å². The highest BCUT2D eigenvalue weighted by Crippen LogP contribution is 2.30. The van der Waals surface area contributed by atoms with Gasteiger partial charge in [0.05, 0.1) is 45.4 Å². The van der Waals surface area contributed by atoms with Crippen molar-refractivity contribution in [1.82, 2.24) is 24.6 Å². The Bertz CT molecular complexity index is 1690. The van der Waals surface area contributed by atoms with Gasteiger partial charge in [0.15, 0.2) is 17.4 Å². The van der Waals surface area contributed by atoms with Crippen LogP contribution in [0.2, 0.25) is 5.02 Å². The Morgan fingerprint density at radius 1 is 0.854 bits per heavy atom. The zero-order chi connectivity index (χ0) is 28.7. The minimum Gasteiger partial charge on any atom is -0.296 e. The van der Waals surface area contributed by atoms with Crippen LogP contribution in [-0.2, 0) is 13.1 Å². The molecule has 3 heterocycles. The maximum atomic E-state index is 13.8. The molecule has 2 aliphatic heterocycles. The van der Waals surface area contributed by atoms with E-state index in [-0.39, 0.29) is 39.9 Å². The van der Waals surface area contributed by atoms with Gasteiger partial charge in [0.25, 0.3) is 17.5 Å². The molecule has 6 rings (SSSR count). The second-order valence-corrected chi connectivity index (χ2v) is 10.3. The first-order valence-electron chi connectivity index (χ1n) is 13.0. The lowest BCUT2D eigenvalue weighted by Crippen LogP contribution is -2.31. The van der Waals surface area contributed by atoms with Crippen LogP contribution in [0.15, 0.2) is 66.7 Å². The van der Waals surface area contributed by atoms with Crippen molar-refractivity contribution in [2.24, 2.45) is 0 Å². The number of carbonyl (C=O) groups is 3. The predicted molar refractivity (Wildman–Crippen MR) is 148 cm³/mol. The van der Waals surface area contributed by atoms with Crippen molar-refractivity contribution in [1.29, 1.82) is 0 Å². The molecule has 0 unspecified atom stereocenters. The topological polar surface area (TPSA) is 132 Å². The van der Waals surface area contributed by atoms with E-state index in [1.807, 2.05) is 0 Å². The number of amides is 2. The van der Waals surface area contributed by atoms with Crippen molar-refractivity contribution < 1.29 is 19.3 Å². The molecule has 0 N–H and O–H groups in total. The molecule has 11 nitrogen and oxygen atoms in total. The van der Waals surface area contributed by atoms with Crippen LogP contribution in [-0.4, -0.2) is 60.2 Å². The number of likely N-dealkylation sites (tertiary alicyclic amines) is 1. The number of hydrogen-bond acceptors (Lipinski definition) is 8. The van der Waals surface area contributed by atoms with E-state index in [0.29, 0.717) is 23.5 Å². The lowest BCUT2D eigenvalue weighted by atomic mass is 10.0. The lowest BCUT2D eigenvalue weighted by Gasteiger charge is -2.20. The van der Waals surface area contributed by atoms with Crippen molar-refractivity contribution >= 4 is 34.9 Å². The van der Waals surface area contributed by atoms with Crippen LogP contribution in [0.4, 0.5) is 5.69 Å². The molecule has 4 aromatic rings. The molecule has 206 valence electrons. The highest BCUT2D eigenvalue weighted by molar-refractivity contribution is 6.35. The van der Waals surface area contributed by atoms with Gasteiger partial charge in [0, 0.05) is 17.7 Å². The number of ketones is 1. The first-order chi connectivity index (χ1) is 19.8. The zero-order valence-electron chi connectivity index (χ0n) is 21.7. The molecule has 1 aromatic heterocycles. The van der Waals surface area contributed by atoms with Gasteiger partial charge in [0.1, 0.15) is 0 Å². The number of fused-ring (bicyclic) bond motifs is 1. The summed E-state index contributed by atoms with van der Waals surface area (Å²) in [5.41, 5.74) is 0.786. The van der Waals surface area contributed by atoms with Gasteiger partial charge in [-0.1, -0.05) is 35.9 Å². The maximum absolute atomic E-state index is 13.8. The van der Waals surface area contributed by atoms with Crippen LogP contribution in [0.25, 0.3) is 5.69 Å². The third kappa shape index (κ3) is 4.79. The number of rotatable bonds is 8. The molecule has 0 bridgehead atoms. The first-order valence-corrected chi connectivity index (χ1v) is 13.4. The van der Waals surface area contributed by atoms with E-state index < -0.39 is 22.5 Å². The summed E-state index contributed by atoms with van der Waals surface area (Å²) in [5, 5.41) is 20.6. The minimum atomic E-state index is -0.579. The minimum absolute atomic E-state index is 0.0124. The van der Waals surface area contributed by atoms with Gasteiger partial charge in [-0.2, -0.15) is 0 Å². The second-order valence-electron chi connectivity index (χ2n) is 9.86. The molecular weight excluding hydrogens is 548 g/mol. The van der Waals surface area contributed by atoms with E-state index in [0.717, 1.165) is 30.8 Å². The van der Waals surface area contributed by atoms with Crippen molar-refractivity contribution in [3.05, 3.63) is 116 Å².